The minimum absolute atomic E-state index is 0. The second-order valence-electron chi connectivity index (χ2n) is 1.65. The summed E-state index contributed by atoms with van der Waals surface area (Å²) in [6, 6.07) is 0. The van der Waals surface area contributed by atoms with Gasteiger partial charge in [0.25, 0.3) is 0 Å². The Bertz CT molecular complexity index is 101. The molecule has 0 fully saturated rings. The third kappa shape index (κ3) is 2.55. The Morgan fingerprint density at radius 2 is 2.29 bits per heavy atom. The van der Waals surface area contributed by atoms with Gasteiger partial charge in [-0.1, -0.05) is 23.8 Å². The summed E-state index contributed by atoms with van der Waals surface area (Å²) in [5.41, 5.74) is 1.47. The first-order valence-corrected chi connectivity index (χ1v) is 2.22. The van der Waals surface area contributed by atoms with Gasteiger partial charge >= 0.3 is 0 Å². The van der Waals surface area contributed by atoms with E-state index in [1.165, 1.54) is 12.0 Å². The summed E-state index contributed by atoms with van der Waals surface area (Å²) in [4.78, 5) is 0. The maximum atomic E-state index is 2.16. The maximum absolute atomic E-state index is 2.16. The average Bonchev–Trinajstić information content (AvgIpc) is 1.86. The minimum atomic E-state index is 0. The van der Waals surface area contributed by atoms with Crippen molar-refractivity contribution in [1.29, 1.82) is 0 Å². The molecule has 0 spiro atoms. The number of allylic oxidation sites excluding steroid dienone is 4. The van der Waals surface area contributed by atoms with Crippen molar-refractivity contribution in [3.8, 4) is 0 Å². The van der Waals surface area contributed by atoms with Crippen molar-refractivity contribution >= 4 is 0 Å². The van der Waals surface area contributed by atoms with Crippen LogP contribution in [0, 0.1) is 38.6 Å². The first-order chi connectivity index (χ1) is 2.89. The van der Waals surface area contributed by atoms with Crippen LogP contribution in [0.5, 0.6) is 0 Å². The molecule has 1 aliphatic carbocycles. The van der Waals surface area contributed by atoms with Crippen LogP contribution in [-0.2, 0) is 0 Å². The molecule has 0 saturated carbocycles. The molecule has 0 atom stereocenters. The van der Waals surface area contributed by atoms with Gasteiger partial charge in [-0.25, -0.2) is 0 Å². The smallest absolute Gasteiger partial charge is 0 e. The van der Waals surface area contributed by atoms with Crippen molar-refractivity contribution < 1.29 is 38.6 Å². The molecule has 1 heteroatoms. The van der Waals surface area contributed by atoms with Gasteiger partial charge in [0.05, 0.1) is 0 Å². The maximum Gasteiger partial charge on any atom is 0 e. The summed E-state index contributed by atoms with van der Waals surface area (Å²) >= 11 is 0. The van der Waals surface area contributed by atoms with Crippen LogP contribution < -0.4 is 0 Å². The molecule has 1 rings (SSSR count). The molecule has 0 bridgehead atoms. The van der Waals surface area contributed by atoms with Gasteiger partial charge < -0.3 is 0 Å². The number of rotatable bonds is 0. The van der Waals surface area contributed by atoms with E-state index in [-0.39, 0.29) is 38.6 Å². The fraction of sp³-hybridized carbons (Fsp3) is 0.333. The monoisotopic (exact) mass is 239 g/mol. The van der Waals surface area contributed by atoms with Crippen LogP contribution in [0.1, 0.15) is 13.3 Å². The number of hydrogen-bond donors (Lipinski definition) is 0. The van der Waals surface area contributed by atoms with E-state index >= 15 is 0 Å². The fourth-order valence-electron chi connectivity index (χ4n) is 0.554. The molecular weight excluding hydrogens is 231 g/mol. The van der Waals surface area contributed by atoms with Crippen LogP contribution >= 0.6 is 0 Å². The normalized spacial score (nSPS) is 15.9. The van der Waals surface area contributed by atoms with Gasteiger partial charge in [-0.2, -0.15) is 0 Å². The molecule has 0 aromatic heterocycles. The molecule has 0 saturated heterocycles. The summed E-state index contributed by atoms with van der Waals surface area (Å²) in [6.45, 7) is 2.14. The van der Waals surface area contributed by atoms with Crippen molar-refractivity contribution in [2.75, 3.05) is 0 Å². The Labute approximate surface area is 75.1 Å². The van der Waals surface area contributed by atoms with Gasteiger partial charge in [0.15, 0.2) is 0 Å². The molecule has 0 heterocycles. The Balaban J connectivity index is 0.000000360. The third-order valence-corrected chi connectivity index (χ3v) is 0.957. The van der Waals surface area contributed by atoms with Gasteiger partial charge in [-0.15, -0.1) is 0 Å². The predicted octanol–water partition coefficient (Wildman–Crippen LogP) is 1.89. The van der Waals surface area contributed by atoms with Gasteiger partial charge in [0.1, 0.15) is 0 Å². The molecule has 0 N–H and O–H groups in total. The summed E-state index contributed by atoms with van der Waals surface area (Å²) in [6.07, 6.45) is 7.56. The van der Waals surface area contributed by atoms with E-state index in [4.69, 9.17) is 0 Å². The van der Waals surface area contributed by atoms with E-state index < -0.39 is 0 Å². The topological polar surface area (TPSA) is 0 Å². The van der Waals surface area contributed by atoms with Crippen LogP contribution in [0.15, 0.2) is 23.8 Å². The van der Waals surface area contributed by atoms with Gasteiger partial charge in [-0.05, 0) is 13.3 Å². The Morgan fingerprint density at radius 1 is 1.57 bits per heavy atom. The summed E-state index contributed by atoms with van der Waals surface area (Å²) in [7, 11) is 0. The first-order valence-electron chi connectivity index (χ1n) is 2.22. The predicted molar refractivity (Wildman–Crippen MR) is 27.5 cm³/mol. The van der Waals surface area contributed by atoms with E-state index in [9.17, 15) is 0 Å². The van der Waals surface area contributed by atoms with Crippen LogP contribution in [0.2, 0.25) is 0 Å². The Morgan fingerprint density at radius 3 is 2.43 bits per heavy atom. The summed E-state index contributed by atoms with van der Waals surface area (Å²) in [5, 5.41) is 0. The molecule has 0 unspecified atom stereocenters. The number of hydrogen-bond acceptors (Lipinski definition) is 0. The molecule has 0 nitrogen and oxygen atoms in total. The zero-order valence-electron chi connectivity index (χ0n) is 4.27. The van der Waals surface area contributed by atoms with Gasteiger partial charge in [0, 0.05) is 38.6 Å². The standard InChI is InChI=1S/C6H8.Tb/c1-6-4-2-3-5-6;/h2-4H,5H2,1H3;. The first kappa shape index (κ1) is 7.77. The van der Waals surface area contributed by atoms with Gasteiger partial charge in [0.2, 0.25) is 0 Å². The second kappa shape index (κ2) is 3.73. The molecule has 41 valence electrons. The van der Waals surface area contributed by atoms with Crippen LogP contribution in [0.25, 0.3) is 0 Å². The van der Waals surface area contributed by atoms with Crippen molar-refractivity contribution in [1.82, 2.24) is 0 Å². The van der Waals surface area contributed by atoms with Crippen LogP contribution in [0.4, 0.5) is 0 Å². The molecule has 0 amide bonds. The summed E-state index contributed by atoms with van der Waals surface area (Å²) < 4.78 is 0. The van der Waals surface area contributed by atoms with Crippen LogP contribution in [0.3, 0.4) is 0 Å². The molecule has 1 aliphatic rings. The van der Waals surface area contributed by atoms with Crippen molar-refractivity contribution in [2.45, 2.75) is 13.3 Å². The summed E-state index contributed by atoms with van der Waals surface area (Å²) in [5.74, 6) is 0. The largest absolute Gasteiger partial charge is 0.0805 e. The second-order valence-corrected chi connectivity index (χ2v) is 1.65. The van der Waals surface area contributed by atoms with E-state index in [1.807, 2.05) is 0 Å². The van der Waals surface area contributed by atoms with Crippen molar-refractivity contribution in [3.63, 3.8) is 0 Å². The fourth-order valence-corrected chi connectivity index (χ4v) is 0.554. The van der Waals surface area contributed by atoms with Crippen LogP contribution in [-0.4, -0.2) is 0 Å². The molecular formula is C6H8Tb. The van der Waals surface area contributed by atoms with Crippen molar-refractivity contribution in [3.05, 3.63) is 23.8 Å². The molecule has 7 heavy (non-hydrogen) atoms. The Hall–Kier alpha value is 0.766. The molecule has 0 aliphatic heterocycles. The van der Waals surface area contributed by atoms with Gasteiger partial charge in [-0.3, -0.25) is 0 Å². The average molecular weight is 239 g/mol. The quantitative estimate of drug-likeness (QED) is 0.605. The van der Waals surface area contributed by atoms with E-state index in [1.54, 1.807) is 0 Å². The van der Waals surface area contributed by atoms with E-state index in [0.717, 1.165) is 0 Å². The Kier molecular flexibility index (Phi) is 4.14. The minimum Gasteiger partial charge on any atom is -0.0805 e. The van der Waals surface area contributed by atoms with Crippen molar-refractivity contribution in [2.24, 2.45) is 0 Å². The third-order valence-electron chi connectivity index (χ3n) is 0.957. The SMILES string of the molecule is CC1=CC=CC1.[Tb]. The van der Waals surface area contributed by atoms with E-state index in [0.29, 0.717) is 0 Å². The zero-order chi connectivity index (χ0) is 4.41. The molecule has 1 radical (unpaired) electrons. The zero-order valence-corrected chi connectivity index (χ0v) is 6.41. The molecule has 0 aromatic carbocycles. The van der Waals surface area contributed by atoms with E-state index in [2.05, 4.69) is 25.2 Å². The molecule has 0 aromatic rings.